The minimum Gasteiger partial charge on any atom is -0.330 e. The van der Waals surface area contributed by atoms with Gasteiger partial charge >= 0.3 is 0 Å². The van der Waals surface area contributed by atoms with Crippen LogP contribution in [0.1, 0.15) is 12.8 Å². The number of nitrogens with two attached hydrogens (primary N) is 1. The van der Waals surface area contributed by atoms with Gasteiger partial charge in [-0.15, -0.1) is 0 Å². The molecule has 0 saturated heterocycles. The monoisotopic (exact) mass is 246 g/mol. The Morgan fingerprint density at radius 1 is 1.38 bits per heavy atom. The average molecular weight is 246 g/mol. The Morgan fingerprint density at radius 2 is 2.19 bits per heavy atom. The van der Waals surface area contributed by atoms with Crippen molar-refractivity contribution in [2.75, 3.05) is 18.8 Å². The number of rotatable bonds is 8. The molecular formula is C9H18N4O2S. The van der Waals surface area contributed by atoms with E-state index < -0.39 is 10.0 Å². The van der Waals surface area contributed by atoms with Gasteiger partial charge in [0, 0.05) is 18.9 Å². The predicted molar refractivity (Wildman–Crippen MR) is 62.3 cm³/mol. The first-order valence-electron chi connectivity index (χ1n) is 5.29. The third-order valence-corrected chi connectivity index (χ3v) is 3.56. The summed E-state index contributed by atoms with van der Waals surface area (Å²) in [5, 5.41) is 3.98. The van der Waals surface area contributed by atoms with E-state index in [9.17, 15) is 8.42 Å². The highest BCUT2D eigenvalue weighted by Crippen LogP contribution is 1.93. The molecule has 16 heavy (non-hydrogen) atoms. The summed E-state index contributed by atoms with van der Waals surface area (Å²) in [6.45, 7) is 1.44. The molecule has 0 amide bonds. The van der Waals surface area contributed by atoms with E-state index in [0.29, 0.717) is 26.1 Å². The van der Waals surface area contributed by atoms with E-state index in [1.807, 2.05) is 0 Å². The van der Waals surface area contributed by atoms with Crippen molar-refractivity contribution in [3.63, 3.8) is 0 Å². The molecule has 0 aliphatic rings. The van der Waals surface area contributed by atoms with Gasteiger partial charge in [-0.25, -0.2) is 13.1 Å². The minimum atomic E-state index is -3.15. The molecule has 3 N–H and O–H groups in total. The van der Waals surface area contributed by atoms with Gasteiger partial charge in [-0.05, 0) is 25.5 Å². The van der Waals surface area contributed by atoms with Crippen LogP contribution in [0, 0.1) is 0 Å². The number of aromatic nitrogens is 2. The highest BCUT2D eigenvalue weighted by molar-refractivity contribution is 7.89. The molecule has 92 valence electrons. The van der Waals surface area contributed by atoms with Gasteiger partial charge < -0.3 is 5.73 Å². The van der Waals surface area contributed by atoms with Gasteiger partial charge in [-0.3, -0.25) is 4.68 Å². The second-order valence-corrected chi connectivity index (χ2v) is 5.40. The van der Waals surface area contributed by atoms with Gasteiger partial charge in [-0.1, -0.05) is 0 Å². The maximum absolute atomic E-state index is 11.5. The van der Waals surface area contributed by atoms with E-state index in [-0.39, 0.29) is 5.75 Å². The van der Waals surface area contributed by atoms with Crippen molar-refractivity contribution in [2.24, 2.45) is 5.73 Å². The number of nitrogens with zero attached hydrogens (tertiary/aromatic N) is 2. The van der Waals surface area contributed by atoms with Crippen LogP contribution in [0.15, 0.2) is 18.5 Å². The third kappa shape index (κ3) is 5.24. The topological polar surface area (TPSA) is 90.0 Å². The zero-order valence-corrected chi connectivity index (χ0v) is 9.99. The fourth-order valence-electron chi connectivity index (χ4n) is 1.26. The maximum atomic E-state index is 11.5. The average Bonchev–Trinajstić information content (AvgIpc) is 2.70. The Morgan fingerprint density at radius 3 is 2.81 bits per heavy atom. The molecule has 0 spiro atoms. The molecule has 1 aromatic heterocycles. The van der Waals surface area contributed by atoms with Crippen LogP contribution in [0.4, 0.5) is 0 Å². The van der Waals surface area contributed by atoms with Crippen molar-refractivity contribution in [1.29, 1.82) is 0 Å². The molecule has 0 radical (unpaired) electrons. The van der Waals surface area contributed by atoms with Gasteiger partial charge in [0.1, 0.15) is 0 Å². The second-order valence-electron chi connectivity index (χ2n) is 3.48. The highest BCUT2D eigenvalue weighted by Gasteiger charge is 2.08. The summed E-state index contributed by atoms with van der Waals surface area (Å²) >= 11 is 0. The largest absolute Gasteiger partial charge is 0.330 e. The molecule has 6 nitrogen and oxygen atoms in total. The Labute approximate surface area is 95.9 Å². The predicted octanol–water partition coefficient (Wildman–Crippen LogP) is -0.459. The second kappa shape index (κ2) is 6.62. The zero-order chi connectivity index (χ0) is 11.9. The standard InChI is InChI=1S/C9H18N4O2S/c10-4-1-2-9-16(14,15)12-6-8-13-7-3-5-11-13/h3,5,7,12H,1-2,4,6,8-10H2. The summed E-state index contributed by atoms with van der Waals surface area (Å²) in [6, 6.07) is 1.80. The van der Waals surface area contributed by atoms with Gasteiger partial charge in [0.2, 0.25) is 10.0 Å². The lowest BCUT2D eigenvalue weighted by molar-refractivity contribution is 0.558. The molecule has 0 bridgehead atoms. The Hall–Kier alpha value is -0.920. The van der Waals surface area contributed by atoms with Crippen LogP contribution in [0.25, 0.3) is 0 Å². The molecule has 1 heterocycles. The molecule has 0 aliphatic heterocycles. The summed E-state index contributed by atoms with van der Waals surface area (Å²) in [7, 11) is -3.15. The molecule has 0 fully saturated rings. The van der Waals surface area contributed by atoms with E-state index in [1.54, 1.807) is 23.1 Å². The third-order valence-electron chi connectivity index (χ3n) is 2.09. The van der Waals surface area contributed by atoms with Crippen molar-refractivity contribution >= 4 is 10.0 Å². The molecule has 7 heteroatoms. The van der Waals surface area contributed by atoms with E-state index >= 15 is 0 Å². The lowest BCUT2D eigenvalue weighted by Crippen LogP contribution is -2.29. The zero-order valence-electron chi connectivity index (χ0n) is 9.17. The quantitative estimate of drug-likeness (QED) is 0.607. The van der Waals surface area contributed by atoms with Crippen molar-refractivity contribution < 1.29 is 8.42 Å². The first-order valence-corrected chi connectivity index (χ1v) is 6.94. The first-order chi connectivity index (χ1) is 7.64. The van der Waals surface area contributed by atoms with Crippen molar-refractivity contribution in [3.05, 3.63) is 18.5 Å². The van der Waals surface area contributed by atoms with E-state index in [0.717, 1.165) is 6.42 Å². The number of unbranched alkanes of at least 4 members (excludes halogenated alkanes) is 1. The summed E-state index contributed by atoms with van der Waals surface area (Å²) in [5.41, 5.74) is 5.30. The van der Waals surface area contributed by atoms with Crippen LogP contribution < -0.4 is 10.5 Å². The van der Waals surface area contributed by atoms with Gasteiger partial charge in [-0.2, -0.15) is 5.10 Å². The molecule has 1 rings (SSSR count). The van der Waals surface area contributed by atoms with Crippen molar-refractivity contribution in [3.8, 4) is 0 Å². The van der Waals surface area contributed by atoms with Crippen LogP contribution in [-0.2, 0) is 16.6 Å². The fourth-order valence-corrected chi connectivity index (χ4v) is 2.39. The van der Waals surface area contributed by atoms with Crippen LogP contribution >= 0.6 is 0 Å². The minimum absolute atomic E-state index is 0.142. The summed E-state index contributed by atoms with van der Waals surface area (Å²) < 4.78 is 27.1. The van der Waals surface area contributed by atoms with Crippen LogP contribution in [0.5, 0.6) is 0 Å². The Bertz CT molecular complexity index is 374. The fraction of sp³-hybridized carbons (Fsp3) is 0.667. The van der Waals surface area contributed by atoms with E-state index in [2.05, 4.69) is 9.82 Å². The SMILES string of the molecule is NCCCCS(=O)(=O)NCCn1cccn1. The molecule has 0 aliphatic carbocycles. The van der Waals surface area contributed by atoms with Crippen LogP contribution in [-0.4, -0.2) is 37.0 Å². The first kappa shape index (κ1) is 13.1. The van der Waals surface area contributed by atoms with Gasteiger partial charge in [0.25, 0.3) is 0 Å². The molecule has 0 unspecified atom stereocenters. The molecular weight excluding hydrogens is 228 g/mol. The summed E-state index contributed by atoms with van der Waals surface area (Å²) in [5.74, 6) is 0.142. The molecule has 0 atom stereocenters. The molecule has 1 aromatic rings. The number of sulfonamides is 1. The Kier molecular flexibility index (Phi) is 5.44. The van der Waals surface area contributed by atoms with Crippen molar-refractivity contribution in [2.45, 2.75) is 19.4 Å². The maximum Gasteiger partial charge on any atom is 0.211 e. The Balaban J connectivity index is 2.20. The van der Waals surface area contributed by atoms with E-state index in [1.165, 1.54) is 0 Å². The molecule has 0 saturated carbocycles. The number of hydrogen-bond donors (Lipinski definition) is 2. The summed E-state index contributed by atoms with van der Waals surface area (Å²) in [4.78, 5) is 0. The van der Waals surface area contributed by atoms with Crippen LogP contribution in [0.2, 0.25) is 0 Å². The van der Waals surface area contributed by atoms with Gasteiger partial charge in [0.15, 0.2) is 0 Å². The van der Waals surface area contributed by atoms with Crippen LogP contribution in [0.3, 0.4) is 0 Å². The lowest BCUT2D eigenvalue weighted by atomic mass is 10.3. The highest BCUT2D eigenvalue weighted by atomic mass is 32.2. The summed E-state index contributed by atoms with van der Waals surface area (Å²) in [6.07, 6.45) is 4.80. The lowest BCUT2D eigenvalue weighted by Gasteiger charge is -2.06. The normalized spacial score (nSPS) is 11.8. The number of hydrogen-bond acceptors (Lipinski definition) is 4. The van der Waals surface area contributed by atoms with Gasteiger partial charge in [0.05, 0.1) is 12.3 Å². The molecule has 0 aromatic carbocycles. The number of nitrogens with one attached hydrogen (secondary N) is 1. The van der Waals surface area contributed by atoms with Crippen molar-refractivity contribution in [1.82, 2.24) is 14.5 Å². The van der Waals surface area contributed by atoms with E-state index in [4.69, 9.17) is 5.73 Å². The smallest absolute Gasteiger partial charge is 0.211 e.